The van der Waals surface area contributed by atoms with Gasteiger partial charge in [0.05, 0.1) is 33.9 Å². The molecule has 0 spiro atoms. The summed E-state index contributed by atoms with van der Waals surface area (Å²) < 4.78 is 34.7. The van der Waals surface area contributed by atoms with Gasteiger partial charge in [-0.3, -0.25) is 9.59 Å². The minimum atomic E-state index is -3.96. The zero-order chi connectivity index (χ0) is 27.0. The number of carbonyl (C=O) groups excluding carboxylic acids is 2. The molecule has 0 aliphatic carbocycles. The number of aromatic nitrogens is 1. The Hall–Kier alpha value is -3.84. The number of para-hydroxylation sites is 1. The monoisotopic (exact) mass is 539 g/mol. The number of benzene rings is 2. The number of amides is 1. The standard InChI is InChI=1S/C25H25N5O5S2/c1-3-35-22(31)17-30-23-18(2)7-4-8-21(23)36-25(30)28-24(32)19-9-11-20(12-10-19)37(33,34)29(15-5-13-26)16-6-14-27/h4,7-12H,3,5-6,15-17H2,1-2H3. The van der Waals surface area contributed by atoms with E-state index in [9.17, 15) is 18.0 Å². The summed E-state index contributed by atoms with van der Waals surface area (Å²) in [7, 11) is -3.96. The van der Waals surface area contributed by atoms with E-state index in [2.05, 4.69) is 4.99 Å². The summed E-state index contributed by atoms with van der Waals surface area (Å²) in [5, 5.41) is 17.7. The quantitative estimate of drug-likeness (QED) is 0.360. The van der Waals surface area contributed by atoms with Gasteiger partial charge in [-0.2, -0.15) is 19.8 Å². The molecule has 0 saturated carbocycles. The van der Waals surface area contributed by atoms with Gasteiger partial charge in [-0.15, -0.1) is 0 Å². The van der Waals surface area contributed by atoms with Crippen LogP contribution in [-0.2, 0) is 26.1 Å². The number of hydrogen-bond acceptors (Lipinski definition) is 8. The highest BCUT2D eigenvalue weighted by Crippen LogP contribution is 2.22. The molecule has 0 saturated heterocycles. The van der Waals surface area contributed by atoms with Crippen molar-refractivity contribution in [3.63, 3.8) is 0 Å². The second kappa shape index (κ2) is 12.4. The molecular weight excluding hydrogens is 514 g/mol. The van der Waals surface area contributed by atoms with Crippen LogP contribution < -0.4 is 4.80 Å². The van der Waals surface area contributed by atoms with Crippen molar-refractivity contribution >= 4 is 43.5 Å². The van der Waals surface area contributed by atoms with Gasteiger partial charge in [0.1, 0.15) is 6.54 Å². The molecule has 0 fully saturated rings. The Kier molecular flexibility index (Phi) is 9.31. The first-order valence-electron chi connectivity index (χ1n) is 11.4. The maximum absolute atomic E-state index is 13.0. The molecule has 10 nitrogen and oxygen atoms in total. The fraction of sp³-hybridized carbons (Fsp3) is 0.320. The van der Waals surface area contributed by atoms with Gasteiger partial charge in [0.15, 0.2) is 4.80 Å². The topological polar surface area (TPSA) is 146 Å². The Morgan fingerprint density at radius 1 is 1.08 bits per heavy atom. The lowest BCUT2D eigenvalue weighted by Crippen LogP contribution is -2.32. The fourth-order valence-electron chi connectivity index (χ4n) is 3.65. The van der Waals surface area contributed by atoms with Gasteiger partial charge in [0.2, 0.25) is 10.0 Å². The van der Waals surface area contributed by atoms with E-state index in [1.165, 1.54) is 35.6 Å². The van der Waals surface area contributed by atoms with Crippen molar-refractivity contribution in [2.75, 3.05) is 19.7 Å². The fourth-order valence-corrected chi connectivity index (χ4v) is 6.19. The third-order valence-electron chi connectivity index (χ3n) is 5.38. The summed E-state index contributed by atoms with van der Waals surface area (Å²) in [6.07, 6.45) is -0.0267. The predicted molar refractivity (Wildman–Crippen MR) is 137 cm³/mol. The minimum Gasteiger partial charge on any atom is -0.465 e. The molecule has 37 heavy (non-hydrogen) atoms. The second-order valence-corrected chi connectivity index (χ2v) is 10.8. The first-order chi connectivity index (χ1) is 17.7. The average Bonchev–Trinajstić information content (AvgIpc) is 3.21. The highest BCUT2D eigenvalue weighted by molar-refractivity contribution is 7.89. The van der Waals surface area contributed by atoms with Gasteiger partial charge in [-0.05, 0) is 49.7 Å². The molecule has 3 aromatic rings. The van der Waals surface area contributed by atoms with E-state index in [0.717, 1.165) is 20.1 Å². The molecular formula is C25H25N5O5S2. The number of thiazole rings is 1. The normalized spacial score (nSPS) is 11.9. The maximum atomic E-state index is 13.0. The number of rotatable bonds is 10. The molecule has 0 aliphatic rings. The van der Waals surface area contributed by atoms with Crippen molar-refractivity contribution < 1.29 is 22.7 Å². The molecule has 0 unspecified atom stereocenters. The number of nitriles is 2. The highest BCUT2D eigenvalue weighted by Gasteiger charge is 2.24. The predicted octanol–water partition coefficient (Wildman–Crippen LogP) is 3.13. The van der Waals surface area contributed by atoms with Crippen molar-refractivity contribution in [1.82, 2.24) is 8.87 Å². The average molecular weight is 540 g/mol. The second-order valence-electron chi connectivity index (χ2n) is 7.86. The summed E-state index contributed by atoms with van der Waals surface area (Å²) >= 11 is 1.26. The largest absolute Gasteiger partial charge is 0.465 e. The molecule has 1 heterocycles. The third kappa shape index (κ3) is 6.49. The number of fused-ring (bicyclic) bond motifs is 1. The van der Waals surface area contributed by atoms with Crippen LogP contribution in [0.2, 0.25) is 0 Å². The van der Waals surface area contributed by atoms with Gasteiger partial charge < -0.3 is 9.30 Å². The summed E-state index contributed by atoms with van der Waals surface area (Å²) in [6.45, 7) is 3.65. The summed E-state index contributed by atoms with van der Waals surface area (Å²) in [4.78, 5) is 29.7. The SMILES string of the molecule is CCOC(=O)Cn1c(=NC(=O)c2ccc(S(=O)(=O)N(CCC#N)CCC#N)cc2)sc2cccc(C)c21. The van der Waals surface area contributed by atoms with Crippen LogP contribution in [0.4, 0.5) is 0 Å². The molecule has 0 aliphatic heterocycles. The Balaban J connectivity index is 1.96. The van der Waals surface area contributed by atoms with Crippen molar-refractivity contribution in [3.8, 4) is 12.1 Å². The zero-order valence-corrected chi connectivity index (χ0v) is 22.0. The van der Waals surface area contributed by atoms with E-state index in [0.29, 0.717) is 4.80 Å². The molecule has 1 aromatic heterocycles. The first kappa shape index (κ1) is 27.7. The van der Waals surface area contributed by atoms with E-state index >= 15 is 0 Å². The van der Waals surface area contributed by atoms with Gasteiger partial charge in [0.25, 0.3) is 5.91 Å². The van der Waals surface area contributed by atoms with E-state index in [1.54, 1.807) is 11.5 Å². The summed E-state index contributed by atoms with van der Waals surface area (Å²) in [5.41, 5.74) is 1.86. The summed E-state index contributed by atoms with van der Waals surface area (Å²) in [6, 6.07) is 14.8. The van der Waals surface area contributed by atoms with Crippen LogP contribution in [0.1, 0.15) is 35.7 Å². The van der Waals surface area contributed by atoms with E-state index in [-0.39, 0.29) is 49.5 Å². The number of carbonyl (C=O) groups is 2. The lowest BCUT2D eigenvalue weighted by molar-refractivity contribution is -0.143. The number of sulfonamides is 1. The highest BCUT2D eigenvalue weighted by atomic mass is 32.2. The Morgan fingerprint density at radius 2 is 1.73 bits per heavy atom. The Labute approximate surface area is 218 Å². The van der Waals surface area contributed by atoms with Crippen LogP contribution in [0.15, 0.2) is 52.4 Å². The molecule has 0 radical (unpaired) electrons. The Morgan fingerprint density at radius 3 is 2.32 bits per heavy atom. The number of nitrogens with zero attached hydrogens (tertiary/aromatic N) is 5. The molecule has 1 amide bonds. The van der Waals surface area contributed by atoms with Crippen LogP contribution in [-0.4, -0.2) is 48.9 Å². The van der Waals surface area contributed by atoms with Gasteiger partial charge in [-0.1, -0.05) is 23.5 Å². The van der Waals surface area contributed by atoms with Gasteiger partial charge >= 0.3 is 5.97 Å². The molecule has 12 heteroatoms. The summed E-state index contributed by atoms with van der Waals surface area (Å²) in [5.74, 6) is -1.05. The molecule has 3 rings (SSSR count). The number of hydrogen-bond donors (Lipinski definition) is 0. The van der Waals surface area contributed by atoms with Crippen molar-refractivity contribution in [2.24, 2.45) is 4.99 Å². The Bertz CT molecular complexity index is 1540. The van der Waals surface area contributed by atoms with E-state index in [4.69, 9.17) is 15.3 Å². The van der Waals surface area contributed by atoms with Crippen LogP contribution in [0, 0.1) is 29.6 Å². The van der Waals surface area contributed by atoms with Crippen LogP contribution in [0.25, 0.3) is 10.2 Å². The van der Waals surface area contributed by atoms with Gasteiger partial charge in [-0.25, -0.2) is 8.42 Å². The molecule has 0 bridgehead atoms. The van der Waals surface area contributed by atoms with Gasteiger partial charge in [0, 0.05) is 31.5 Å². The van der Waals surface area contributed by atoms with E-state index < -0.39 is 21.9 Å². The molecule has 2 aromatic carbocycles. The lowest BCUT2D eigenvalue weighted by Gasteiger charge is -2.20. The van der Waals surface area contributed by atoms with E-state index in [1.807, 2.05) is 37.3 Å². The maximum Gasteiger partial charge on any atom is 0.326 e. The smallest absolute Gasteiger partial charge is 0.326 e. The van der Waals surface area contributed by atoms with Crippen molar-refractivity contribution in [3.05, 3.63) is 58.4 Å². The molecule has 192 valence electrons. The number of ether oxygens (including phenoxy) is 1. The molecule has 0 atom stereocenters. The lowest BCUT2D eigenvalue weighted by atomic mass is 10.2. The zero-order valence-electron chi connectivity index (χ0n) is 20.4. The molecule has 0 N–H and O–H groups in total. The number of aryl methyl sites for hydroxylation is 1. The first-order valence-corrected chi connectivity index (χ1v) is 13.7. The minimum absolute atomic E-state index is 0.0133. The third-order valence-corrected chi connectivity index (χ3v) is 8.33. The van der Waals surface area contributed by atoms with Crippen molar-refractivity contribution in [2.45, 2.75) is 38.1 Å². The van der Waals surface area contributed by atoms with Crippen LogP contribution in [0.3, 0.4) is 0 Å². The van der Waals surface area contributed by atoms with Crippen LogP contribution >= 0.6 is 11.3 Å². The number of esters is 1. The van der Waals surface area contributed by atoms with Crippen molar-refractivity contribution in [1.29, 1.82) is 10.5 Å². The van der Waals surface area contributed by atoms with Crippen LogP contribution in [0.5, 0.6) is 0 Å².